The number of amides is 2. The highest BCUT2D eigenvalue weighted by Gasteiger charge is 2.41. The Morgan fingerprint density at radius 3 is 2.62 bits per heavy atom. The van der Waals surface area contributed by atoms with Crippen molar-refractivity contribution in [1.29, 1.82) is 0 Å². The van der Waals surface area contributed by atoms with Crippen LogP contribution in [-0.4, -0.2) is 49.0 Å². The van der Waals surface area contributed by atoms with Crippen molar-refractivity contribution in [3.63, 3.8) is 0 Å². The van der Waals surface area contributed by atoms with E-state index in [1.54, 1.807) is 0 Å². The zero-order valence-corrected chi connectivity index (χ0v) is 18.9. The number of nitrogens with zero attached hydrogens (tertiary/aromatic N) is 1. The molecule has 2 amide bonds. The lowest BCUT2D eigenvalue weighted by molar-refractivity contribution is -0.199. The smallest absolute Gasteiger partial charge is 0.416 e. The van der Waals surface area contributed by atoms with E-state index < -0.39 is 6.09 Å². The maximum atomic E-state index is 13.6. The van der Waals surface area contributed by atoms with Crippen LogP contribution in [0.15, 0.2) is 30.3 Å². The van der Waals surface area contributed by atoms with Crippen LogP contribution in [0.4, 0.5) is 4.79 Å². The highest BCUT2D eigenvalue weighted by atomic mass is 16.8. The Kier molecular flexibility index (Phi) is 8.54. The van der Waals surface area contributed by atoms with E-state index in [4.69, 9.17) is 14.3 Å². The van der Waals surface area contributed by atoms with Crippen LogP contribution in [0.5, 0.6) is 0 Å². The molecule has 2 aliphatic heterocycles. The summed E-state index contributed by atoms with van der Waals surface area (Å²) in [6.45, 7) is 1.32. The number of carbonyl (C=O) groups is 2. The summed E-state index contributed by atoms with van der Waals surface area (Å²) in [5.41, 5.74) is 4.09. The molecule has 1 aliphatic carbocycles. The van der Waals surface area contributed by atoms with Gasteiger partial charge in [-0.1, -0.05) is 62.4 Å². The number of carbonyl (C=O) groups excluding carboxylic acids is 2. The van der Waals surface area contributed by atoms with Gasteiger partial charge in [0.1, 0.15) is 6.61 Å². The van der Waals surface area contributed by atoms with Crippen molar-refractivity contribution in [3.05, 3.63) is 35.9 Å². The molecule has 2 saturated heterocycles. The van der Waals surface area contributed by atoms with E-state index in [0.29, 0.717) is 25.5 Å². The molecular weight excluding hydrogens is 408 g/mol. The van der Waals surface area contributed by atoms with Crippen LogP contribution >= 0.6 is 0 Å². The van der Waals surface area contributed by atoms with Gasteiger partial charge in [0.05, 0.1) is 12.0 Å². The number of benzene rings is 1. The highest BCUT2D eigenvalue weighted by molar-refractivity contribution is 5.95. The van der Waals surface area contributed by atoms with Gasteiger partial charge in [-0.05, 0) is 37.2 Å². The lowest BCUT2D eigenvalue weighted by Crippen LogP contribution is -2.47. The lowest BCUT2D eigenvalue weighted by Gasteiger charge is -2.30. The summed E-state index contributed by atoms with van der Waals surface area (Å²) in [6, 6.07) is 9.67. The van der Waals surface area contributed by atoms with Crippen LogP contribution in [0.25, 0.3) is 0 Å². The maximum Gasteiger partial charge on any atom is 0.416 e. The Morgan fingerprint density at radius 1 is 1.09 bits per heavy atom. The van der Waals surface area contributed by atoms with E-state index in [1.165, 1.54) is 24.2 Å². The number of nitrogens with one attached hydrogen (secondary N) is 1. The third-order valence-electron chi connectivity index (χ3n) is 6.89. The van der Waals surface area contributed by atoms with Crippen LogP contribution in [-0.2, 0) is 25.5 Å². The number of ether oxygens (including phenoxy) is 2. The standard InChI is InChI=1S/C25H36N2O5/c28-24(27-22(18-31-25(27)29)16-20-11-5-2-6-12-20)21(15-19-9-3-1-4-10-19)17-26-32-23-13-7-8-14-30-23/h2,5-6,11-12,19,21-23,26H,1,3-4,7-10,13-18H2. The van der Waals surface area contributed by atoms with E-state index in [-0.39, 0.29) is 30.8 Å². The zero-order valence-electron chi connectivity index (χ0n) is 18.9. The number of hydrogen-bond acceptors (Lipinski definition) is 6. The van der Waals surface area contributed by atoms with Crippen LogP contribution in [0, 0.1) is 11.8 Å². The van der Waals surface area contributed by atoms with Gasteiger partial charge in [0.25, 0.3) is 0 Å². The lowest BCUT2D eigenvalue weighted by atomic mass is 9.82. The Bertz CT molecular complexity index is 731. The fourth-order valence-electron chi connectivity index (χ4n) is 5.11. The summed E-state index contributed by atoms with van der Waals surface area (Å²) in [4.78, 5) is 33.2. The average molecular weight is 445 g/mol. The molecule has 2 heterocycles. The number of hydroxylamine groups is 1. The van der Waals surface area contributed by atoms with E-state index in [0.717, 1.165) is 44.1 Å². The summed E-state index contributed by atoms with van der Waals surface area (Å²) < 4.78 is 10.9. The van der Waals surface area contributed by atoms with Crippen molar-refractivity contribution >= 4 is 12.0 Å². The minimum Gasteiger partial charge on any atom is -0.447 e. The van der Waals surface area contributed by atoms with Crippen molar-refractivity contribution in [3.8, 4) is 0 Å². The van der Waals surface area contributed by atoms with Gasteiger partial charge in [-0.25, -0.2) is 9.69 Å². The summed E-state index contributed by atoms with van der Waals surface area (Å²) in [5.74, 6) is 0.0295. The van der Waals surface area contributed by atoms with Crippen molar-refractivity contribution in [1.82, 2.24) is 10.4 Å². The topological polar surface area (TPSA) is 77.1 Å². The molecule has 0 bridgehead atoms. The van der Waals surface area contributed by atoms with Gasteiger partial charge in [0.15, 0.2) is 6.29 Å². The summed E-state index contributed by atoms with van der Waals surface area (Å²) >= 11 is 0. The highest BCUT2D eigenvalue weighted by Crippen LogP contribution is 2.31. The molecule has 3 unspecified atom stereocenters. The largest absolute Gasteiger partial charge is 0.447 e. The van der Waals surface area contributed by atoms with Gasteiger partial charge < -0.3 is 9.47 Å². The maximum absolute atomic E-state index is 13.6. The number of imide groups is 1. The molecule has 176 valence electrons. The molecule has 32 heavy (non-hydrogen) atoms. The fraction of sp³-hybridized carbons (Fsp3) is 0.680. The summed E-state index contributed by atoms with van der Waals surface area (Å²) in [5, 5.41) is 0. The van der Waals surface area contributed by atoms with E-state index in [2.05, 4.69) is 5.48 Å². The van der Waals surface area contributed by atoms with E-state index in [9.17, 15) is 9.59 Å². The van der Waals surface area contributed by atoms with Crippen LogP contribution < -0.4 is 5.48 Å². The van der Waals surface area contributed by atoms with Gasteiger partial charge in [0.2, 0.25) is 5.91 Å². The molecule has 7 heteroatoms. The first-order valence-corrected chi connectivity index (χ1v) is 12.2. The van der Waals surface area contributed by atoms with Gasteiger partial charge in [-0.15, -0.1) is 0 Å². The molecule has 3 aliphatic rings. The first-order valence-electron chi connectivity index (χ1n) is 12.2. The normalized spacial score (nSPS) is 25.5. The number of hydrogen-bond donors (Lipinski definition) is 1. The van der Waals surface area contributed by atoms with E-state index in [1.807, 2.05) is 30.3 Å². The van der Waals surface area contributed by atoms with E-state index >= 15 is 0 Å². The van der Waals surface area contributed by atoms with Gasteiger partial charge in [-0.2, -0.15) is 5.48 Å². The third-order valence-corrected chi connectivity index (χ3v) is 6.89. The predicted molar refractivity (Wildman–Crippen MR) is 119 cm³/mol. The van der Waals surface area contributed by atoms with Crippen LogP contribution in [0.1, 0.15) is 63.4 Å². The quantitative estimate of drug-likeness (QED) is 0.575. The SMILES string of the molecule is O=C1OCC(Cc2ccccc2)N1C(=O)C(CNOC1CCCCO1)CC1CCCCC1. The number of rotatable bonds is 9. The Labute approximate surface area is 190 Å². The molecule has 4 rings (SSSR count). The second-order valence-electron chi connectivity index (χ2n) is 9.33. The average Bonchev–Trinajstić information content (AvgIpc) is 3.19. The minimum atomic E-state index is -0.527. The Balaban J connectivity index is 1.41. The van der Waals surface area contributed by atoms with Crippen LogP contribution in [0.2, 0.25) is 0 Å². The molecule has 1 aromatic rings. The fourth-order valence-corrected chi connectivity index (χ4v) is 5.11. The summed E-state index contributed by atoms with van der Waals surface area (Å²) in [6.07, 6.45) is 9.57. The Hall–Kier alpha value is -1.96. The van der Waals surface area contributed by atoms with Crippen LogP contribution in [0.3, 0.4) is 0 Å². The first kappa shape index (κ1) is 23.2. The first-order chi connectivity index (χ1) is 15.7. The predicted octanol–water partition coefficient (Wildman–Crippen LogP) is 4.21. The molecule has 7 nitrogen and oxygen atoms in total. The monoisotopic (exact) mass is 444 g/mol. The van der Waals surface area contributed by atoms with Gasteiger partial charge in [0, 0.05) is 19.6 Å². The van der Waals surface area contributed by atoms with Crippen molar-refractivity contribution < 1.29 is 23.9 Å². The molecule has 0 radical (unpaired) electrons. The molecule has 0 spiro atoms. The second kappa shape index (κ2) is 11.8. The molecule has 1 saturated carbocycles. The molecule has 3 atom stereocenters. The van der Waals surface area contributed by atoms with Crippen molar-refractivity contribution in [2.24, 2.45) is 11.8 Å². The minimum absolute atomic E-state index is 0.153. The molecule has 3 fully saturated rings. The molecular formula is C25H36N2O5. The molecule has 0 aromatic heterocycles. The second-order valence-corrected chi connectivity index (χ2v) is 9.33. The summed E-state index contributed by atoms with van der Waals surface area (Å²) in [7, 11) is 0. The van der Waals surface area contributed by atoms with Gasteiger partial charge >= 0.3 is 6.09 Å². The van der Waals surface area contributed by atoms with Crippen molar-refractivity contribution in [2.45, 2.75) is 76.5 Å². The molecule has 1 N–H and O–H groups in total. The zero-order chi connectivity index (χ0) is 22.2. The van der Waals surface area contributed by atoms with Gasteiger partial charge in [-0.3, -0.25) is 9.63 Å². The molecule has 1 aromatic carbocycles. The third kappa shape index (κ3) is 6.30. The number of cyclic esters (lactones) is 1. The van der Waals surface area contributed by atoms with Crippen molar-refractivity contribution in [2.75, 3.05) is 19.8 Å². The Morgan fingerprint density at radius 2 is 1.88 bits per heavy atom.